The Labute approximate surface area is 88.7 Å². The van der Waals surface area contributed by atoms with E-state index < -0.39 is 17.7 Å². The monoisotopic (exact) mass is 213 g/mol. The van der Waals surface area contributed by atoms with Crippen LogP contribution in [0.3, 0.4) is 0 Å². The second kappa shape index (κ2) is 5.75. The molecule has 0 aliphatic rings. The van der Waals surface area contributed by atoms with Crippen LogP contribution in [0, 0.1) is 12.3 Å². The maximum absolute atomic E-state index is 11.0. The predicted molar refractivity (Wildman–Crippen MR) is 54.7 cm³/mol. The molecule has 0 heterocycles. The molecule has 0 fully saturated rings. The van der Waals surface area contributed by atoms with Gasteiger partial charge in [-0.3, -0.25) is 0 Å². The van der Waals surface area contributed by atoms with Gasteiger partial charge in [-0.25, -0.2) is 20.4 Å². The number of amides is 3. The molecular weight excluding hydrogens is 198 g/mol. The fourth-order valence-corrected chi connectivity index (χ4v) is 0.587. The van der Waals surface area contributed by atoms with Crippen LogP contribution in [0.1, 0.15) is 20.8 Å². The van der Waals surface area contributed by atoms with Gasteiger partial charge in [0, 0.05) is 0 Å². The average molecular weight is 213 g/mol. The maximum Gasteiger partial charge on any atom is 0.426 e. The standard InChI is InChI=1S/C9H15N3O3/c1-5-6-10-7(13)11-12-8(14)15-9(2,3)4/h1H,6H2,2-4H3,(H,12,14)(H2,10,11,13). The normalized spacial score (nSPS) is 9.73. The number of urea groups is 1. The highest BCUT2D eigenvalue weighted by atomic mass is 16.6. The third-order valence-corrected chi connectivity index (χ3v) is 1.03. The summed E-state index contributed by atoms with van der Waals surface area (Å²) in [6.07, 6.45) is 4.17. The van der Waals surface area contributed by atoms with Gasteiger partial charge in [0.1, 0.15) is 5.60 Å². The van der Waals surface area contributed by atoms with Gasteiger partial charge in [-0.15, -0.1) is 6.42 Å². The minimum absolute atomic E-state index is 0.0852. The quantitative estimate of drug-likeness (QED) is 0.434. The Balaban J connectivity index is 3.73. The smallest absolute Gasteiger partial charge is 0.426 e. The fourth-order valence-electron chi connectivity index (χ4n) is 0.587. The predicted octanol–water partition coefficient (Wildman–Crippen LogP) is 0.358. The van der Waals surface area contributed by atoms with Crippen molar-refractivity contribution in [3.8, 4) is 12.3 Å². The van der Waals surface area contributed by atoms with Crippen molar-refractivity contribution in [2.45, 2.75) is 26.4 Å². The summed E-state index contributed by atoms with van der Waals surface area (Å²) in [5.41, 5.74) is 3.52. The maximum atomic E-state index is 11.0. The summed E-state index contributed by atoms with van der Waals surface area (Å²) in [7, 11) is 0. The van der Waals surface area contributed by atoms with Gasteiger partial charge < -0.3 is 10.1 Å². The Hall–Kier alpha value is -1.90. The van der Waals surface area contributed by atoms with Crippen molar-refractivity contribution in [3.05, 3.63) is 0 Å². The zero-order chi connectivity index (χ0) is 11.9. The lowest BCUT2D eigenvalue weighted by Crippen LogP contribution is -2.48. The lowest BCUT2D eigenvalue weighted by atomic mass is 10.2. The fraction of sp³-hybridized carbons (Fsp3) is 0.556. The molecule has 0 bridgehead atoms. The molecule has 15 heavy (non-hydrogen) atoms. The van der Waals surface area contributed by atoms with E-state index >= 15 is 0 Å². The number of hydrogen-bond donors (Lipinski definition) is 3. The Morgan fingerprint density at radius 3 is 2.40 bits per heavy atom. The average Bonchev–Trinajstić information content (AvgIpc) is 2.08. The summed E-state index contributed by atoms with van der Waals surface area (Å²) in [4.78, 5) is 21.9. The Morgan fingerprint density at radius 2 is 1.93 bits per heavy atom. The Bertz CT molecular complexity index is 275. The van der Waals surface area contributed by atoms with Gasteiger partial charge in [0.05, 0.1) is 6.54 Å². The van der Waals surface area contributed by atoms with Gasteiger partial charge in [-0.2, -0.15) is 0 Å². The molecule has 0 radical (unpaired) electrons. The van der Waals surface area contributed by atoms with Crippen LogP contribution in [-0.4, -0.2) is 24.3 Å². The zero-order valence-corrected chi connectivity index (χ0v) is 9.01. The second-order valence-electron chi connectivity index (χ2n) is 3.64. The Kier molecular flexibility index (Phi) is 5.02. The molecule has 0 aliphatic heterocycles. The van der Waals surface area contributed by atoms with E-state index in [4.69, 9.17) is 11.2 Å². The first-order valence-electron chi connectivity index (χ1n) is 4.31. The van der Waals surface area contributed by atoms with Crippen molar-refractivity contribution in [1.29, 1.82) is 0 Å². The molecule has 6 heteroatoms. The van der Waals surface area contributed by atoms with Crippen molar-refractivity contribution in [2.75, 3.05) is 6.54 Å². The Morgan fingerprint density at radius 1 is 1.33 bits per heavy atom. The summed E-state index contributed by atoms with van der Waals surface area (Å²) < 4.78 is 4.86. The van der Waals surface area contributed by atoms with E-state index in [1.165, 1.54) is 0 Å². The molecule has 0 aromatic carbocycles. The van der Waals surface area contributed by atoms with Crippen LogP contribution in [0.4, 0.5) is 9.59 Å². The van der Waals surface area contributed by atoms with Crippen molar-refractivity contribution >= 4 is 12.1 Å². The first kappa shape index (κ1) is 13.1. The third kappa shape index (κ3) is 8.43. The summed E-state index contributed by atoms with van der Waals surface area (Å²) >= 11 is 0. The van der Waals surface area contributed by atoms with Crippen molar-refractivity contribution < 1.29 is 14.3 Å². The molecule has 3 amide bonds. The van der Waals surface area contributed by atoms with Crippen LogP contribution in [0.25, 0.3) is 0 Å². The molecule has 84 valence electrons. The summed E-state index contributed by atoms with van der Waals surface area (Å²) in [5.74, 6) is 2.21. The number of carbonyl (C=O) groups excluding carboxylic acids is 2. The molecule has 0 aliphatic carbocycles. The van der Waals surface area contributed by atoms with Gasteiger partial charge in [-0.05, 0) is 20.8 Å². The van der Waals surface area contributed by atoms with Crippen molar-refractivity contribution in [3.63, 3.8) is 0 Å². The molecule has 6 nitrogen and oxygen atoms in total. The van der Waals surface area contributed by atoms with Gasteiger partial charge in [0.2, 0.25) is 0 Å². The van der Waals surface area contributed by atoms with E-state index in [9.17, 15) is 9.59 Å². The van der Waals surface area contributed by atoms with Gasteiger partial charge in [0.25, 0.3) is 0 Å². The SMILES string of the molecule is C#CCNC(=O)NNC(=O)OC(C)(C)C. The number of carbonyl (C=O) groups is 2. The highest BCUT2D eigenvalue weighted by Gasteiger charge is 2.16. The van der Waals surface area contributed by atoms with Crippen LogP contribution in [-0.2, 0) is 4.74 Å². The number of hydrazine groups is 1. The minimum Gasteiger partial charge on any atom is -0.443 e. The topological polar surface area (TPSA) is 79.5 Å². The molecule has 0 spiro atoms. The zero-order valence-electron chi connectivity index (χ0n) is 9.01. The van der Waals surface area contributed by atoms with Gasteiger partial charge >= 0.3 is 12.1 Å². The highest BCUT2D eigenvalue weighted by molar-refractivity contribution is 5.77. The molecule has 0 aromatic heterocycles. The van der Waals surface area contributed by atoms with E-state index in [0.717, 1.165) is 0 Å². The van der Waals surface area contributed by atoms with Crippen molar-refractivity contribution in [1.82, 2.24) is 16.2 Å². The number of ether oxygens (including phenoxy) is 1. The number of terminal acetylenes is 1. The second-order valence-corrected chi connectivity index (χ2v) is 3.64. The third-order valence-electron chi connectivity index (χ3n) is 1.03. The molecule has 0 rings (SSSR count). The van der Waals surface area contributed by atoms with E-state index in [1.54, 1.807) is 20.8 Å². The summed E-state index contributed by atoms with van der Waals surface area (Å²) in [6, 6.07) is -0.598. The molecule has 3 N–H and O–H groups in total. The first-order chi connectivity index (χ1) is 6.85. The lowest BCUT2D eigenvalue weighted by Gasteiger charge is -2.19. The van der Waals surface area contributed by atoms with Crippen LogP contribution in [0.5, 0.6) is 0 Å². The molecule has 0 aromatic rings. The van der Waals surface area contributed by atoms with Crippen molar-refractivity contribution in [2.24, 2.45) is 0 Å². The van der Waals surface area contributed by atoms with E-state index in [2.05, 4.69) is 22.1 Å². The lowest BCUT2D eigenvalue weighted by molar-refractivity contribution is 0.0505. The molecule has 0 saturated carbocycles. The summed E-state index contributed by atoms with van der Waals surface area (Å²) in [5, 5.41) is 2.29. The van der Waals surface area contributed by atoms with Gasteiger partial charge in [-0.1, -0.05) is 5.92 Å². The van der Waals surface area contributed by atoms with Gasteiger partial charge in [0.15, 0.2) is 0 Å². The number of hydrogen-bond acceptors (Lipinski definition) is 3. The number of rotatable bonds is 1. The highest BCUT2D eigenvalue weighted by Crippen LogP contribution is 2.05. The van der Waals surface area contributed by atoms with Crippen LogP contribution in [0.2, 0.25) is 0 Å². The minimum atomic E-state index is -0.738. The molecule has 0 atom stereocenters. The van der Waals surface area contributed by atoms with Crippen LogP contribution < -0.4 is 16.2 Å². The molecule has 0 saturated heterocycles. The largest absolute Gasteiger partial charge is 0.443 e. The van der Waals surface area contributed by atoms with E-state index in [1.807, 2.05) is 0 Å². The first-order valence-corrected chi connectivity index (χ1v) is 4.31. The molecule has 0 unspecified atom stereocenters. The molecular formula is C9H15N3O3. The van der Waals surface area contributed by atoms with E-state index in [0.29, 0.717) is 0 Å². The summed E-state index contributed by atoms with van der Waals surface area (Å²) in [6.45, 7) is 5.23. The van der Waals surface area contributed by atoms with Crippen LogP contribution >= 0.6 is 0 Å². The van der Waals surface area contributed by atoms with E-state index in [-0.39, 0.29) is 6.54 Å². The number of nitrogens with one attached hydrogen (secondary N) is 3. The van der Waals surface area contributed by atoms with Crippen LogP contribution in [0.15, 0.2) is 0 Å².